The van der Waals surface area contributed by atoms with Gasteiger partial charge in [-0.2, -0.15) is 0 Å². The monoisotopic (exact) mass is 299 g/mol. The zero-order chi connectivity index (χ0) is 14.8. The molecule has 2 aromatic rings. The summed E-state index contributed by atoms with van der Waals surface area (Å²) < 4.78 is 36.9. The molecule has 0 aliphatic rings. The van der Waals surface area contributed by atoms with Crippen molar-refractivity contribution in [2.24, 2.45) is 5.14 Å². The van der Waals surface area contributed by atoms with Crippen LogP contribution in [0, 0.1) is 5.82 Å². The van der Waals surface area contributed by atoms with Crippen molar-refractivity contribution in [2.75, 3.05) is 5.32 Å². The molecule has 20 heavy (non-hydrogen) atoms. The molecule has 2 rings (SSSR count). The smallest absolute Gasteiger partial charge is 0.246 e. The Balaban J connectivity index is 2.17. The number of hydrogen-bond acceptors (Lipinski definition) is 5. The van der Waals surface area contributed by atoms with Crippen LogP contribution in [-0.2, 0) is 21.4 Å². The Bertz CT molecular complexity index is 729. The van der Waals surface area contributed by atoms with E-state index in [9.17, 15) is 17.6 Å². The van der Waals surface area contributed by atoms with Gasteiger partial charge in [-0.05, 0) is 18.2 Å². The molecule has 0 aliphatic heterocycles. The van der Waals surface area contributed by atoms with Crippen LogP contribution in [0.3, 0.4) is 0 Å². The summed E-state index contributed by atoms with van der Waals surface area (Å²) in [5, 5.41) is 14.4. The number of carbonyl (C=O) groups is 1. The number of anilines is 1. The summed E-state index contributed by atoms with van der Waals surface area (Å²) in [7, 11) is -4.05. The van der Waals surface area contributed by atoms with Crippen molar-refractivity contribution in [3.63, 3.8) is 0 Å². The van der Waals surface area contributed by atoms with Crippen molar-refractivity contribution in [2.45, 2.75) is 11.4 Å². The molecule has 10 heteroatoms. The molecule has 0 unspecified atom stereocenters. The highest BCUT2D eigenvalue weighted by Crippen LogP contribution is 2.17. The first-order valence-corrected chi connectivity index (χ1v) is 6.86. The van der Waals surface area contributed by atoms with Crippen molar-refractivity contribution in [1.82, 2.24) is 15.0 Å². The van der Waals surface area contributed by atoms with Gasteiger partial charge in [-0.3, -0.25) is 4.79 Å². The number of primary sulfonamides is 1. The van der Waals surface area contributed by atoms with Crippen molar-refractivity contribution >= 4 is 21.6 Å². The SMILES string of the molecule is NS(=O)(=O)c1cc(F)cc(NC(=O)Cn2ccnn2)c1. The Hall–Kier alpha value is -2.33. The Morgan fingerprint density at radius 2 is 2.15 bits per heavy atom. The van der Waals surface area contributed by atoms with Gasteiger partial charge < -0.3 is 5.32 Å². The van der Waals surface area contributed by atoms with Crippen LogP contribution in [0.5, 0.6) is 0 Å². The fourth-order valence-electron chi connectivity index (χ4n) is 1.46. The Labute approximate surface area is 113 Å². The molecule has 8 nitrogen and oxygen atoms in total. The lowest BCUT2D eigenvalue weighted by atomic mass is 10.3. The summed E-state index contributed by atoms with van der Waals surface area (Å²) in [6.07, 6.45) is 2.87. The van der Waals surface area contributed by atoms with Crippen LogP contribution in [0.2, 0.25) is 0 Å². The number of benzene rings is 1. The molecule has 0 saturated carbocycles. The summed E-state index contributed by atoms with van der Waals surface area (Å²) >= 11 is 0. The third-order valence-electron chi connectivity index (χ3n) is 2.26. The van der Waals surface area contributed by atoms with Crippen LogP contribution in [0.25, 0.3) is 0 Å². The second-order valence-electron chi connectivity index (χ2n) is 3.87. The van der Waals surface area contributed by atoms with Gasteiger partial charge in [0.1, 0.15) is 12.4 Å². The fourth-order valence-corrected chi connectivity index (χ4v) is 2.03. The van der Waals surface area contributed by atoms with Gasteiger partial charge in [-0.25, -0.2) is 22.6 Å². The number of nitrogens with one attached hydrogen (secondary N) is 1. The lowest BCUT2D eigenvalue weighted by Crippen LogP contribution is -2.20. The third kappa shape index (κ3) is 3.59. The molecule has 0 spiro atoms. The summed E-state index contributed by atoms with van der Waals surface area (Å²) in [6, 6.07) is 2.81. The van der Waals surface area contributed by atoms with E-state index in [0.29, 0.717) is 0 Å². The molecule has 106 valence electrons. The van der Waals surface area contributed by atoms with Gasteiger partial charge in [0.15, 0.2) is 0 Å². The maximum Gasteiger partial charge on any atom is 0.246 e. The molecule has 0 fully saturated rings. The molecule has 1 aromatic carbocycles. The first kappa shape index (κ1) is 14.1. The van der Waals surface area contributed by atoms with Crippen molar-refractivity contribution in [1.29, 1.82) is 0 Å². The average Bonchev–Trinajstić information content (AvgIpc) is 2.79. The number of nitrogens with zero attached hydrogens (tertiary/aromatic N) is 3. The molecular formula is C10H10FN5O3S. The largest absolute Gasteiger partial charge is 0.324 e. The summed E-state index contributed by atoms with van der Waals surface area (Å²) in [4.78, 5) is 11.2. The zero-order valence-corrected chi connectivity index (χ0v) is 10.8. The number of carbonyl (C=O) groups excluding carboxylic acids is 1. The van der Waals surface area contributed by atoms with E-state index in [4.69, 9.17) is 5.14 Å². The number of nitrogens with two attached hydrogens (primary N) is 1. The Kier molecular flexibility index (Phi) is 3.77. The standard InChI is InChI=1S/C10H10FN5O3S/c11-7-3-8(5-9(4-7)20(12,18)19)14-10(17)6-16-2-1-13-15-16/h1-5H,6H2,(H,14,17)(H2,12,18,19). The average molecular weight is 299 g/mol. The Morgan fingerprint density at radius 1 is 1.40 bits per heavy atom. The summed E-state index contributed by atoms with van der Waals surface area (Å²) in [6.45, 7) is -0.138. The molecule has 3 N–H and O–H groups in total. The maximum atomic E-state index is 13.3. The van der Waals surface area contributed by atoms with Crippen LogP contribution in [0.15, 0.2) is 35.5 Å². The van der Waals surface area contributed by atoms with Crippen molar-refractivity contribution < 1.29 is 17.6 Å². The van der Waals surface area contributed by atoms with Crippen LogP contribution in [-0.4, -0.2) is 29.3 Å². The molecule has 1 heterocycles. The van der Waals surface area contributed by atoms with E-state index in [1.54, 1.807) is 0 Å². The zero-order valence-electron chi connectivity index (χ0n) is 10.0. The van der Waals surface area contributed by atoms with Gasteiger partial charge in [-0.1, -0.05) is 5.21 Å². The third-order valence-corrected chi connectivity index (χ3v) is 3.15. The lowest BCUT2D eigenvalue weighted by molar-refractivity contribution is -0.116. The molecule has 0 aliphatic carbocycles. The maximum absolute atomic E-state index is 13.3. The van der Waals surface area contributed by atoms with Crippen LogP contribution in [0.4, 0.5) is 10.1 Å². The highest BCUT2D eigenvalue weighted by atomic mass is 32.2. The second-order valence-corrected chi connectivity index (χ2v) is 5.43. The normalized spacial score (nSPS) is 11.3. The van der Waals surface area contributed by atoms with E-state index < -0.39 is 26.6 Å². The number of amides is 1. The minimum atomic E-state index is -4.05. The summed E-state index contributed by atoms with van der Waals surface area (Å²) in [5.74, 6) is -1.34. The van der Waals surface area contributed by atoms with Crippen molar-refractivity contribution in [3.8, 4) is 0 Å². The van der Waals surface area contributed by atoms with E-state index in [-0.39, 0.29) is 12.2 Å². The van der Waals surface area contributed by atoms with Gasteiger partial charge in [0, 0.05) is 11.9 Å². The van der Waals surface area contributed by atoms with Gasteiger partial charge in [0.05, 0.1) is 11.1 Å². The minimum Gasteiger partial charge on any atom is -0.324 e. The number of aromatic nitrogens is 3. The van der Waals surface area contributed by atoms with Gasteiger partial charge in [-0.15, -0.1) is 5.10 Å². The number of rotatable bonds is 4. The molecule has 1 amide bonds. The van der Waals surface area contributed by atoms with Crippen molar-refractivity contribution in [3.05, 3.63) is 36.4 Å². The molecule has 0 bridgehead atoms. The predicted molar refractivity (Wildman–Crippen MR) is 66.4 cm³/mol. The minimum absolute atomic E-state index is 0.0147. The van der Waals surface area contributed by atoms with Gasteiger partial charge in [0.2, 0.25) is 15.9 Å². The van der Waals surface area contributed by atoms with E-state index in [1.165, 1.54) is 17.1 Å². The first-order chi connectivity index (χ1) is 9.34. The molecular weight excluding hydrogens is 289 g/mol. The van der Waals surface area contributed by atoms with Crippen LogP contribution >= 0.6 is 0 Å². The van der Waals surface area contributed by atoms with E-state index in [2.05, 4.69) is 15.6 Å². The highest BCUT2D eigenvalue weighted by Gasteiger charge is 2.12. The molecule has 0 saturated heterocycles. The molecule has 1 aromatic heterocycles. The topological polar surface area (TPSA) is 120 Å². The van der Waals surface area contributed by atoms with Crippen LogP contribution in [0.1, 0.15) is 0 Å². The highest BCUT2D eigenvalue weighted by molar-refractivity contribution is 7.89. The van der Waals surface area contributed by atoms with Gasteiger partial charge in [0.25, 0.3) is 0 Å². The van der Waals surface area contributed by atoms with E-state index >= 15 is 0 Å². The Morgan fingerprint density at radius 3 is 2.75 bits per heavy atom. The molecule has 0 atom stereocenters. The number of hydrogen-bond donors (Lipinski definition) is 2. The fraction of sp³-hybridized carbons (Fsp3) is 0.100. The lowest BCUT2D eigenvalue weighted by Gasteiger charge is -2.07. The van der Waals surface area contributed by atoms with Crippen LogP contribution < -0.4 is 10.5 Å². The van der Waals surface area contributed by atoms with Gasteiger partial charge >= 0.3 is 0 Å². The first-order valence-electron chi connectivity index (χ1n) is 5.32. The predicted octanol–water partition coefficient (Wildman–Crippen LogP) is -0.297. The number of halogens is 1. The quantitative estimate of drug-likeness (QED) is 0.803. The van der Waals surface area contributed by atoms with E-state index in [0.717, 1.165) is 18.2 Å². The number of sulfonamides is 1. The molecule has 0 radical (unpaired) electrons. The van der Waals surface area contributed by atoms with E-state index in [1.807, 2.05) is 0 Å². The second kappa shape index (κ2) is 5.35. The summed E-state index contributed by atoms with van der Waals surface area (Å²) in [5.41, 5.74) is -0.0147.